The lowest BCUT2D eigenvalue weighted by Crippen LogP contribution is -2.48. The number of amides is 1. The van der Waals surface area contributed by atoms with Crippen LogP contribution in [0.1, 0.15) is 34.3 Å². The minimum absolute atomic E-state index is 0.0394. The zero-order valence-electron chi connectivity index (χ0n) is 17.1. The second kappa shape index (κ2) is 7.91. The molecule has 0 radical (unpaired) electrons. The van der Waals surface area contributed by atoms with E-state index in [-0.39, 0.29) is 5.91 Å². The Balaban J connectivity index is 1.58. The number of nitrogens with zero attached hydrogens (tertiary/aromatic N) is 2. The van der Waals surface area contributed by atoms with Crippen LogP contribution < -0.4 is 14.2 Å². The highest BCUT2D eigenvalue weighted by Crippen LogP contribution is 2.45. The number of pyridine rings is 1. The van der Waals surface area contributed by atoms with Gasteiger partial charge in [-0.15, -0.1) is 0 Å². The van der Waals surface area contributed by atoms with Gasteiger partial charge in [-0.3, -0.25) is 9.78 Å². The number of piperidine rings is 1. The maximum atomic E-state index is 13.0. The number of hydrogen-bond donors (Lipinski definition) is 0. The summed E-state index contributed by atoms with van der Waals surface area (Å²) in [6, 6.07) is 5.80. The van der Waals surface area contributed by atoms with Crippen LogP contribution >= 0.6 is 0 Å². The molecule has 29 heavy (non-hydrogen) atoms. The van der Waals surface area contributed by atoms with Crippen molar-refractivity contribution >= 4 is 5.91 Å². The molecule has 154 valence electrons. The quantitative estimate of drug-likeness (QED) is 0.789. The number of carbonyl (C=O) groups excluding carboxylic acids is 1. The smallest absolute Gasteiger partial charge is 0.257 e. The Morgan fingerprint density at radius 3 is 2.45 bits per heavy atom. The molecule has 1 aromatic carbocycles. The molecule has 2 aromatic rings. The van der Waals surface area contributed by atoms with Crippen LogP contribution in [-0.4, -0.2) is 56.8 Å². The van der Waals surface area contributed by atoms with E-state index in [1.807, 2.05) is 11.0 Å². The zero-order chi connectivity index (χ0) is 20.4. The highest BCUT2D eigenvalue weighted by atomic mass is 16.5. The lowest BCUT2D eigenvalue weighted by atomic mass is 9.79. The van der Waals surface area contributed by atoms with Crippen LogP contribution in [0.2, 0.25) is 0 Å². The van der Waals surface area contributed by atoms with E-state index < -0.39 is 5.60 Å². The van der Waals surface area contributed by atoms with E-state index in [2.05, 4.69) is 11.1 Å². The van der Waals surface area contributed by atoms with Crippen molar-refractivity contribution in [2.45, 2.75) is 24.9 Å². The van der Waals surface area contributed by atoms with Gasteiger partial charge in [0.25, 0.3) is 5.91 Å². The summed E-state index contributed by atoms with van der Waals surface area (Å²) in [5.41, 5.74) is 2.51. The molecule has 4 rings (SSSR count). The van der Waals surface area contributed by atoms with Crippen molar-refractivity contribution in [3.05, 3.63) is 47.3 Å². The first-order chi connectivity index (χ1) is 14.1. The molecule has 0 bridgehead atoms. The van der Waals surface area contributed by atoms with E-state index in [9.17, 15) is 4.79 Å². The molecule has 0 unspecified atom stereocenters. The van der Waals surface area contributed by atoms with Crippen molar-refractivity contribution in [1.29, 1.82) is 0 Å². The van der Waals surface area contributed by atoms with Crippen LogP contribution in [0.25, 0.3) is 0 Å². The Labute approximate surface area is 170 Å². The third kappa shape index (κ3) is 3.40. The first-order valence-corrected chi connectivity index (χ1v) is 9.78. The molecular weight excluding hydrogens is 372 g/mol. The third-order valence-electron chi connectivity index (χ3n) is 5.94. The summed E-state index contributed by atoms with van der Waals surface area (Å²) >= 11 is 0. The number of fused-ring (bicyclic) bond motifs is 2. The fraction of sp³-hybridized carbons (Fsp3) is 0.455. The first kappa shape index (κ1) is 19.5. The Hall–Kier alpha value is -2.80. The van der Waals surface area contributed by atoms with Gasteiger partial charge in [-0.2, -0.15) is 0 Å². The van der Waals surface area contributed by atoms with Crippen LogP contribution in [0, 0.1) is 0 Å². The van der Waals surface area contributed by atoms with Gasteiger partial charge in [-0.25, -0.2) is 0 Å². The topological polar surface area (TPSA) is 70.1 Å². The molecule has 1 saturated heterocycles. The highest BCUT2D eigenvalue weighted by Gasteiger charge is 2.42. The summed E-state index contributed by atoms with van der Waals surface area (Å²) in [7, 11) is 4.84. The van der Waals surface area contributed by atoms with Gasteiger partial charge in [0.05, 0.1) is 45.3 Å². The monoisotopic (exact) mass is 398 g/mol. The number of methoxy groups -OCH3 is 3. The second-order valence-electron chi connectivity index (χ2n) is 7.33. The number of aromatic nitrogens is 1. The van der Waals surface area contributed by atoms with Crippen LogP contribution in [0.4, 0.5) is 0 Å². The number of rotatable bonds is 4. The minimum atomic E-state index is -0.397. The van der Waals surface area contributed by atoms with Crippen LogP contribution in [0.3, 0.4) is 0 Å². The SMILES string of the molecule is COc1cc2c(cc1OC)C1(CCN(C(=O)c3ccncc3OC)CC1)OCC2. The van der Waals surface area contributed by atoms with E-state index in [1.165, 1.54) is 5.56 Å². The average Bonchev–Trinajstić information content (AvgIpc) is 2.78. The van der Waals surface area contributed by atoms with Crippen molar-refractivity contribution in [2.24, 2.45) is 0 Å². The van der Waals surface area contributed by atoms with E-state index in [0.717, 1.165) is 30.6 Å². The summed E-state index contributed by atoms with van der Waals surface area (Å²) in [5, 5.41) is 0. The van der Waals surface area contributed by atoms with E-state index in [1.54, 1.807) is 39.8 Å². The third-order valence-corrected chi connectivity index (χ3v) is 5.94. The standard InChI is InChI=1S/C22H26N2O5/c1-26-18-12-15-5-11-29-22(17(15)13-19(18)27-2)6-9-24(10-7-22)21(25)16-4-8-23-14-20(16)28-3/h4,8,12-14H,5-7,9-11H2,1-3H3. The summed E-state index contributed by atoms with van der Waals surface area (Å²) in [4.78, 5) is 18.9. The Morgan fingerprint density at radius 1 is 1.07 bits per heavy atom. The summed E-state index contributed by atoms with van der Waals surface area (Å²) in [6.45, 7) is 1.88. The fourth-order valence-electron chi connectivity index (χ4n) is 4.36. The van der Waals surface area contributed by atoms with E-state index in [0.29, 0.717) is 36.8 Å². The Kier molecular flexibility index (Phi) is 5.32. The normalized spacial score (nSPS) is 17.6. The highest BCUT2D eigenvalue weighted by molar-refractivity contribution is 5.96. The van der Waals surface area contributed by atoms with Crippen LogP contribution in [0.5, 0.6) is 17.2 Å². The predicted molar refractivity (Wildman–Crippen MR) is 107 cm³/mol. The van der Waals surface area contributed by atoms with Gasteiger partial charge in [-0.1, -0.05) is 0 Å². The molecule has 3 heterocycles. The Bertz CT molecular complexity index is 906. The second-order valence-corrected chi connectivity index (χ2v) is 7.33. The molecular formula is C22H26N2O5. The van der Waals surface area contributed by atoms with Gasteiger partial charge in [0.2, 0.25) is 0 Å². The molecule has 0 N–H and O–H groups in total. The maximum absolute atomic E-state index is 13.0. The molecule has 0 aliphatic carbocycles. The Morgan fingerprint density at radius 2 is 1.76 bits per heavy atom. The van der Waals surface area contributed by atoms with E-state index in [4.69, 9.17) is 18.9 Å². The fourth-order valence-corrected chi connectivity index (χ4v) is 4.36. The van der Waals surface area contributed by atoms with Crippen molar-refractivity contribution in [3.63, 3.8) is 0 Å². The summed E-state index contributed by atoms with van der Waals surface area (Å²) < 4.78 is 22.6. The van der Waals surface area contributed by atoms with Crippen molar-refractivity contribution < 1.29 is 23.7 Å². The molecule has 1 fully saturated rings. The summed E-state index contributed by atoms with van der Waals surface area (Å²) in [5.74, 6) is 1.90. The van der Waals surface area contributed by atoms with Gasteiger partial charge in [0, 0.05) is 19.3 Å². The lowest BCUT2D eigenvalue weighted by Gasteiger charge is -2.45. The maximum Gasteiger partial charge on any atom is 0.257 e. The van der Waals surface area contributed by atoms with E-state index >= 15 is 0 Å². The van der Waals surface area contributed by atoms with Crippen molar-refractivity contribution in [3.8, 4) is 17.2 Å². The average molecular weight is 398 g/mol. The molecule has 7 heteroatoms. The molecule has 2 aliphatic heterocycles. The van der Waals surface area contributed by atoms with Crippen LogP contribution in [0.15, 0.2) is 30.6 Å². The molecule has 1 amide bonds. The first-order valence-electron chi connectivity index (χ1n) is 9.78. The number of benzene rings is 1. The molecule has 2 aliphatic rings. The van der Waals surface area contributed by atoms with Gasteiger partial charge >= 0.3 is 0 Å². The molecule has 0 saturated carbocycles. The number of carbonyl (C=O) groups is 1. The van der Waals surface area contributed by atoms with Crippen molar-refractivity contribution in [2.75, 3.05) is 41.0 Å². The predicted octanol–water partition coefficient (Wildman–Crippen LogP) is 2.81. The van der Waals surface area contributed by atoms with Gasteiger partial charge in [0.1, 0.15) is 5.75 Å². The molecule has 0 atom stereocenters. The zero-order valence-corrected chi connectivity index (χ0v) is 17.1. The summed E-state index contributed by atoms with van der Waals surface area (Å²) in [6.07, 6.45) is 5.48. The molecule has 1 aromatic heterocycles. The van der Waals surface area contributed by atoms with Gasteiger partial charge in [0.15, 0.2) is 11.5 Å². The lowest BCUT2D eigenvalue weighted by molar-refractivity contribution is -0.0936. The van der Waals surface area contributed by atoms with Crippen molar-refractivity contribution in [1.82, 2.24) is 9.88 Å². The van der Waals surface area contributed by atoms with Crippen LogP contribution in [-0.2, 0) is 16.8 Å². The largest absolute Gasteiger partial charge is 0.494 e. The number of hydrogen-bond acceptors (Lipinski definition) is 6. The van der Waals surface area contributed by atoms with Gasteiger partial charge < -0.3 is 23.8 Å². The molecule has 7 nitrogen and oxygen atoms in total. The number of likely N-dealkylation sites (tertiary alicyclic amines) is 1. The number of ether oxygens (including phenoxy) is 4. The van der Waals surface area contributed by atoms with Gasteiger partial charge in [-0.05, 0) is 48.6 Å². The minimum Gasteiger partial charge on any atom is -0.494 e. The molecule has 1 spiro atoms.